The van der Waals surface area contributed by atoms with Gasteiger partial charge in [0.15, 0.2) is 11.5 Å². The van der Waals surface area contributed by atoms with E-state index in [4.69, 9.17) is 4.74 Å². The minimum Gasteiger partial charge on any atom is -0.491 e. The van der Waals surface area contributed by atoms with Gasteiger partial charge in [-0.3, -0.25) is 19.6 Å². The van der Waals surface area contributed by atoms with Crippen molar-refractivity contribution >= 4 is 22.6 Å². The second-order valence-corrected chi connectivity index (χ2v) is 7.76. The molecule has 1 aromatic heterocycles. The van der Waals surface area contributed by atoms with Crippen LogP contribution in [0.25, 0.3) is 10.9 Å². The molecule has 1 saturated heterocycles. The number of β-amino-alcohol motifs (C(OH)–C–C–N with tert-alkyl or cyclic N) is 1. The van der Waals surface area contributed by atoms with Crippen LogP contribution in [0.2, 0.25) is 0 Å². The number of hydrogen-bond donors (Lipinski definition) is 2. The Labute approximate surface area is 180 Å². The molecule has 162 valence electrons. The van der Waals surface area contributed by atoms with Crippen LogP contribution < -0.4 is 4.74 Å². The lowest BCUT2D eigenvalue weighted by molar-refractivity contribution is 0.0401. The van der Waals surface area contributed by atoms with Gasteiger partial charge in [0.05, 0.1) is 5.52 Å². The average molecular weight is 422 g/mol. The van der Waals surface area contributed by atoms with Gasteiger partial charge < -0.3 is 14.7 Å². The van der Waals surface area contributed by atoms with E-state index < -0.39 is 6.10 Å². The summed E-state index contributed by atoms with van der Waals surface area (Å²) in [4.78, 5) is 28.1. The normalized spacial score (nSPS) is 15.7. The van der Waals surface area contributed by atoms with Crippen LogP contribution in [-0.2, 0) is 0 Å². The number of aromatic amines is 1. The number of aromatic nitrogens is 2. The minimum atomic E-state index is -0.648. The number of nitrogens with one attached hydrogen (secondary N) is 1. The van der Waals surface area contributed by atoms with Crippen LogP contribution in [0.4, 0.5) is 0 Å². The predicted molar refractivity (Wildman–Crippen MR) is 116 cm³/mol. The molecular formula is C23H26N4O4. The van der Waals surface area contributed by atoms with Gasteiger partial charge >= 0.3 is 0 Å². The molecular weight excluding hydrogens is 396 g/mol. The Bertz CT molecular complexity index is 1050. The zero-order valence-corrected chi connectivity index (χ0v) is 17.5. The summed E-state index contributed by atoms with van der Waals surface area (Å²) >= 11 is 0. The van der Waals surface area contributed by atoms with Gasteiger partial charge in [0.2, 0.25) is 0 Å². The fourth-order valence-electron chi connectivity index (χ4n) is 3.74. The Hall–Kier alpha value is -3.23. The topological polar surface area (TPSA) is 98.8 Å². The highest BCUT2D eigenvalue weighted by atomic mass is 16.5. The van der Waals surface area contributed by atoms with Crippen LogP contribution in [0.15, 0.2) is 48.5 Å². The van der Waals surface area contributed by atoms with Crippen molar-refractivity contribution < 1.29 is 19.4 Å². The average Bonchev–Trinajstić information content (AvgIpc) is 3.22. The third-order valence-corrected chi connectivity index (χ3v) is 5.50. The zero-order valence-electron chi connectivity index (χ0n) is 17.5. The summed E-state index contributed by atoms with van der Waals surface area (Å²) < 4.78 is 5.63. The van der Waals surface area contributed by atoms with Crippen LogP contribution in [0.5, 0.6) is 5.75 Å². The molecule has 1 fully saturated rings. The van der Waals surface area contributed by atoms with Crippen molar-refractivity contribution in [3.05, 3.63) is 59.8 Å². The monoisotopic (exact) mass is 422 g/mol. The number of aliphatic hydroxyl groups is 1. The predicted octanol–water partition coefficient (Wildman–Crippen LogP) is 1.96. The van der Waals surface area contributed by atoms with Crippen LogP contribution in [0, 0.1) is 0 Å². The Morgan fingerprint density at radius 1 is 1.10 bits per heavy atom. The molecule has 1 aliphatic rings. The number of carbonyl (C=O) groups excluding carboxylic acids is 2. The summed E-state index contributed by atoms with van der Waals surface area (Å²) in [5.41, 5.74) is 1.93. The molecule has 8 nitrogen and oxygen atoms in total. The summed E-state index contributed by atoms with van der Waals surface area (Å²) in [6, 6.07) is 14.5. The zero-order chi connectivity index (χ0) is 21.8. The van der Waals surface area contributed by atoms with E-state index in [9.17, 15) is 14.7 Å². The Kier molecular flexibility index (Phi) is 6.29. The van der Waals surface area contributed by atoms with Crippen molar-refractivity contribution in [3.63, 3.8) is 0 Å². The number of rotatable bonds is 7. The molecule has 0 bridgehead atoms. The largest absolute Gasteiger partial charge is 0.491 e. The lowest BCUT2D eigenvalue weighted by Crippen LogP contribution is -2.51. The summed E-state index contributed by atoms with van der Waals surface area (Å²) in [5, 5.41) is 18.3. The second-order valence-electron chi connectivity index (χ2n) is 7.76. The van der Waals surface area contributed by atoms with Crippen molar-refractivity contribution in [2.24, 2.45) is 0 Å². The summed E-state index contributed by atoms with van der Waals surface area (Å²) in [6.45, 7) is 4.68. The highest BCUT2D eigenvalue weighted by Gasteiger charge is 2.26. The second kappa shape index (κ2) is 9.28. The molecule has 2 N–H and O–H groups in total. The standard InChI is InChI=1S/C23H26N4O4/c1-16(28)17-6-8-19(9-7-17)31-15-18(29)14-26-10-12-27(13-11-26)23(30)22-20-4-2-3-5-21(20)24-25-22/h2-9,18,29H,10-15H2,1H3,(H,24,25). The van der Waals surface area contributed by atoms with Crippen LogP contribution in [-0.4, -0.2) is 82.2 Å². The first-order valence-electron chi connectivity index (χ1n) is 10.4. The molecule has 1 aliphatic heterocycles. The van der Waals surface area contributed by atoms with Crippen molar-refractivity contribution in [3.8, 4) is 5.75 Å². The number of H-pyrrole nitrogens is 1. The molecule has 0 spiro atoms. The first-order chi connectivity index (χ1) is 15.0. The summed E-state index contributed by atoms with van der Waals surface area (Å²) in [5.74, 6) is 0.547. The molecule has 0 radical (unpaired) electrons. The van der Waals surface area contributed by atoms with Gasteiger partial charge in [-0.05, 0) is 37.3 Å². The molecule has 2 heterocycles. The Balaban J connectivity index is 1.24. The van der Waals surface area contributed by atoms with Gasteiger partial charge in [-0.1, -0.05) is 18.2 Å². The van der Waals surface area contributed by atoms with Crippen molar-refractivity contribution in [2.45, 2.75) is 13.0 Å². The van der Waals surface area contributed by atoms with E-state index >= 15 is 0 Å². The van der Waals surface area contributed by atoms with Crippen molar-refractivity contribution in [1.82, 2.24) is 20.0 Å². The van der Waals surface area contributed by atoms with Gasteiger partial charge in [0.1, 0.15) is 18.5 Å². The molecule has 0 saturated carbocycles. The number of para-hydroxylation sites is 1. The van der Waals surface area contributed by atoms with E-state index in [1.807, 2.05) is 24.3 Å². The molecule has 3 aromatic rings. The highest BCUT2D eigenvalue weighted by Crippen LogP contribution is 2.18. The third kappa shape index (κ3) is 4.92. The number of ether oxygens (including phenoxy) is 1. The van der Waals surface area contributed by atoms with Crippen LogP contribution in [0.3, 0.4) is 0 Å². The maximum Gasteiger partial charge on any atom is 0.275 e. The van der Waals surface area contributed by atoms with Gasteiger partial charge in [-0.2, -0.15) is 5.10 Å². The highest BCUT2D eigenvalue weighted by molar-refractivity contribution is 6.04. The van der Waals surface area contributed by atoms with E-state index in [-0.39, 0.29) is 18.3 Å². The van der Waals surface area contributed by atoms with Gasteiger partial charge in [-0.15, -0.1) is 0 Å². The van der Waals surface area contributed by atoms with E-state index in [0.29, 0.717) is 49.7 Å². The lowest BCUT2D eigenvalue weighted by Gasteiger charge is -2.35. The molecule has 1 amide bonds. The number of Topliss-reactive ketones (excluding diaryl/α,β-unsaturated/α-hetero) is 1. The number of fused-ring (bicyclic) bond motifs is 1. The van der Waals surface area contributed by atoms with Crippen LogP contribution >= 0.6 is 0 Å². The number of nitrogens with zero attached hydrogens (tertiary/aromatic N) is 3. The number of piperazine rings is 1. The van der Waals surface area contributed by atoms with Crippen molar-refractivity contribution in [2.75, 3.05) is 39.3 Å². The van der Waals surface area contributed by atoms with Gasteiger partial charge in [0.25, 0.3) is 5.91 Å². The number of amides is 1. The van der Waals surface area contributed by atoms with E-state index in [1.54, 1.807) is 29.2 Å². The Morgan fingerprint density at radius 2 is 1.81 bits per heavy atom. The van der Waals surface area contributed by atoms with Crippen LogP contribution in [0.1, 0.15) is 27.8 Å². The lowest BCUT2D eigenvalue weighted by atomic mass is 10.1. The van der Waals surface area contributed by atoms with E-state index in [1.165, 1.54) is 6.92 Å². The third-order valence-electron chi connectivity index (χ3n) is 5.50. The quantitative estimate of drug-likeness (QED) is 0.565. The molecule has 1 atom stereocenters. The summed E-state index contributed by atoms with van der Waals surface area (Å²) in [6.07, 6.45) is -0.648. The maximum atomic E-state index is 12.9. The number of benzene rings is 2. The first-order valence-corrected chi connectivity index (χ1v) is 10.4. The minimum absolute atomic E-state index is 0.00434. The maximum absolute atomic E-state index is 12.9. The van der Waals surface area contributed by atoms with E-state index in [2.05, 4.69) is 15.1 Å². The van der Waals surface area contributed by atoms with Gasteiger partial charge in [-0.25, -0.2) is 0 Å². The summed E-state index contributed by atoms with van der Waals surface area (Å²) in [7, 11) is 0. The fraction of sp³-hybridized carbons (Fsp3) is 0.348. The molecule has 8 heteroatoms. The van der Waals surface area contributed by atoms with Gasteiger partial charge in [0, 0.05) is 43.7 Å². The first kappa shape index (κ1) is 21.0. The molecule has 31 heavy (non-hydrogen) atoms. The van der Waals surface area contributed by atoms with Crippen molar-refractivity contribution in [1.29, 1.82) is 0 Å². The molecule has 2 aromatic carbocycles. The fourth-order valence-corrected chi connectivity index (χ4v) is 3.74. The Morgan fingerprint density at radius 3 is 2.52 bits per heavy atom. The molecule has 4 rings (SSSR count). The SMILES string of the molecule is CC(=O)c1ccc(OCC(O)CN2CCN(C(=O)c3n[nH]c4ccccc34)CC2)cc1. The number of carbonyl (C=O) groups is 2. The van der Waals surface area contributed by atoms with E-state index in [0.717, 1.165) is 10.9 Å². The molecule has 0 aliphatic carbocycles. The molecule has 1 unspecified atom stereocenters. The smallest absolute Gasteiger partial charge is 0.275 e. The number of hydrogen-bond acceptors (Lipinski definition) is 6. The number of aliphatic hydroxyl groups excluding tert-OH is 1. The number of ketones is 1.